The lowest BCUT2D eigenvalue weighted by Gasteiger charge is -2.29. The van der Waals surface area contributed by atoms with E-state index in [2.05, 4.69) is 66.0 Å². The molecule has 94 valence electrons. The van der Waals surface area contributed by atoms with Gasteiger partial charge in [0.25, 0.3) is 0 Å². The highest BCUT2D eigenvalue weighted by atomic mass is 35.5. The van der Waals surface area contributed by atoms with Gasteiger partial charge in [-0.1, -0.05) is 60.7 Å². The summed E-state index contributed by atoms with van der Waals surface area (Å²) < 4.78 is 0. The van der Waals surface area contributed by atoms with Crippen molar-refractivity contribution in [1.82, 2.24) is 5.32 Å². The number of rotatable bonds is 2. The van der Waals surface area contributed by atoms with E-state index in [0.717, 1.165) is 13.1 Å². The molecule has 0 atom stereocenters. The van der Waals surface area contributed by atoms with Crippen LogP contribution in [-0.2, 0) is 5.41 Å². The first-order valence-corrected chi connectivity index (χ1v) is 6.24. The average molecular weight is 260 g/mol. The van der Waals surface area contributed by atoms with Crippen LogP contribution in [0.2, 0.25) is 0 Å². The fraction of sp³-hybridized carbons (Fsp3) is 0.250. The maximum atomic E-state index is 3.51. The van der Waals surface area contributed by atoms with Gasteiger partial charge in [0, 0.05) is 12.0 Å². The van der Waals surface area contributed by atoms with Crippen molar-refractivity contribution in [2.45, 2.75) is 11.8 Å². The molecule has 0 radical (unpaired) electrons. The molecule has 0 amide bonds. The molecule has 0 bridgehead atoms. The Morgan fingerprint density at radius 1 is 0.778 bits per heavy atom. The van der Waals surface area contributed by atoms with Gasteiger partial charge in [-0.05, 0) is 24.1 Å². The predicted molar refractivity (Wildman–Crippen MR) is 78.4 cm³/mol. The molecule has 0 saturated carbocycles. The van der Waals surface area contributed by atoms with Gasteiger partial charge in [0.15, 0.2) is 0 Å². The summed E-state index contributed by atoms with van der Waals surface area (Å²) in [6, 6.07) is 21.7. The van der Waals surface area contributed by atoms with Gasteiger partial charge in [-0.15, -0.1) is 12.4 Å². The molecule has 1 heterocycles. The minimum absolute atomic E-state index is 0. The van der Waals surface area contributed by atoms with E-state index in [4.69, 9.17) is 0 Å². The molecule has 1 fully saturated rings. The van der Waals surface area contributed by atoms with Crippen LogP contribution in [0.3, 0.4) is 0 Å². The maximum absolute atomic E-state index is 3.51. The molecule has 1 N–H and O–H groups in total. The normalized spacial score (nSPS) is 17.1. The Balaban J connectivity index is 0.00000120. The smallest absolute Gasteiger partial charge is 0.0339 e. The van der Waals surface area contributed by atoms with Gasteiger partial charge in [-0.2, -0.15) is 0 Å². The van der Waals surface area contributed by atoms with Gasteiger partial charge in [-0.3, -0.25) is 0 Å². The topological polar surface area (TPSA) is 12.0 Å². The van der Waals surface area contributed by atoms with E-state index in [1.165, 1.54) is 17.5 Å². The van der Waals surface area contributed by atoms with Crippen molar-refractivity contribution < 1.29 is 0 Å². The van der Waals surface area contributed by atoms with Gasteiger partial charge in [-0.25, -0.2) is 0 Å². The second kappa shape index (κ2) is 5.55. The molecule has 1 nitrogen and oxygen atoms in total. The van der Waals surface area contributed by atoms with Crippen LogP contribution in [0.15, 0.2) is 60.7 Å². The summed E-state index contributed by atoms with van der Waals surface area (Å²) in [5, 5.41) is 3.51. The van der Waals surface area contributed by atoms with Gasteiger partial charge < -0.3 is 5.32 Å². The molecule has 0 unspecified atom stereocenters. The first-order chi connectivity index (χ1) is 8.42. The Morgan fingerprint density at radius 3 is 1.67 bits per heavy atom. The van der Waals surface area contributed by atoms with Crippen molar-refractivity contribution >= 4 is 12.4 Å². The predicted octanol–water partition coefficient (Wildman–Crippen LogP) is 3.39. The molecule has 0 aromatic heterocycles. The summed E-state index contributed by atoms with van der Waals surface area (Å²) in [6.45, 7) is 2.14. The van der Waals surface area contributed by atoms with Gasteiger partial charge in [0.1, 0.15) is 0 Å². The molecular formula is C16H18ClN. The van der Waals surface area contributed by atoms with Crippen molar-refractivity contribution in [3.63, 3.8) is 0 Å². The zero-order valence-electron chi connectivity index (χ0n) is 10.3. The Bertz CT molecular complexity index is 433. The maximum Gasteiger partial charge on any atom is 0.0339 e. The van der Waals surface area contributed by atoms with Crippen LogP contribution in [0.4, 0.5) is 0 Å². The number of hydrogen-bond acceptors (Lipinski definition) is 1. The quantitative estimate of drug-likeness (QED) is 0.872. The zero-order chi connectivity index (χ0) is 11.6. The number of halogens is 1. The summed E-state index contributed by atoms with van der Waals surface area (Å²) >= 11 is 0. The molecule has 1 saturated heterocycles. The molecule has 3 rings (SSSR count). The van der Waals surface area contributed by atoms with E-state index in [0.29, 0.717) is 0 Å². The lowest BCUT2D eigenvalue weighted by molar-refractivity contribution is 0.570. The average Bonchev–Trinajstić information content (AvgIpc) is 2.91. The van der Waals surface area contributed by atoms with E-state index in [1.807, 2.05) is 0 Å². The minimum Gasteiger partial charge on any atom is -0.315 e. The van der Waals surface area contributed by atoms with Crippen molar-refractivity contribution in [2.75, 3.05) is 13.1 Å². The first-order valence-electron chi connectivity index (χ1n) is 6.24. The molecule has 0 aliphatic carbocycles. The number of nitrogens with one attached hydrogen (secondary N) is 1. The van der Waals surface area contributed by atoms with Crippen LogP contribution in [-0.4, -0.2) is 13.1 Å². The third kappa shape index (κ3) is 2.16. The van der Waals surface area contributed by atoms with Crippen LogP contribution in [0.25, 0.3) is 0 Å². The Morgan fingerprint density at radius 2 is 1.28 bits per heavy atom. The zero-order valence-corrected chi connectivity index (χ0v) is 11.1. The van der Waals surface area contributed by atoms with E-state index in [1.54, 1.807) is 0 Å². The summed E-state index contributed by atoms with van der Waals surface area (Å²) in [5.41, 5.74) is 3.02. The Hall–Kier alpha value is -1.31. The lowest BCUT2D eigenvalue weighted by atomic mass is 9.74. The summed E-state index contributed by atoms with van der Waals surface area (Å²) in [6.07, 6.45) is 1.18. The second-order valence-corrected chi connectivity index (χ2v) is 4.74. The number of hydrogen-bond donors (Lipinski definition) is 1. The lowest BCUT2D eigenvalue weighted by Crippen LogP contribution is -2.30. The molecule has 1 aliphatic rings. The van der Waals surface area contributed by atoms with Gasteiger partial charge in [0.2, 0.25) is 0 Å². The monoisotopic (exact) mass is 259 g/mol. The van der Waals surface area contributed by atoms with Crippen LogP contribution >= 0.6 is 12.4 Å². The highest BCUT2D eigenvalue weighted by Gasteiger charge is 2.36. The molecule has 18 heavy (non-hydrogen) atoms. The van der Waals surface area contributed by atoms with E-state index in [-0.39, 0.29) is 17.8 Å². The fourth-order valence-electron chi connectivity index (χ4n) is 2.87. The van der Waals surface area contributed by atoms with Crippen LogP contribution in [0, 0.1) is 0 Å². The minimum atomic E-state index is 0. The van der Waals surface area contributed by atoms with Gasteiger partial charge in [0.05, 0.1) is 0 Å². The highest BCUT2D eigenvalue weighted by Crippen LogP contribution is 2.37. The van der Waals surface area contributed by atoms with Crippen LogP contribution in [0.5, 0.6) is 0 Å². The summed E-state index contributed by atoms with van der Waals surface area (Å²) in [5.74, 6) is 0. The third-order valence-electron chi connectivity index (χ3n) is 3.81. The van der Waals surface area contributed by atoms with E-state index in [9.17, 15) is 0 Å². The van der Waals surface area contributed by atoms with Crippen molar-refractivity contribution in [3.8, 4) is 0 Å². The molecule has 2 aromatic carbocycles. The van der Waals surface area contributed by atoms with Crippen molar-refractivity contribution in [1.29, 1.82) is 0 Å². The van der Waals surface area contributed by atoms with Gasteiger partial charge >= 0.3 is 0 Å². The largest absolute Gasteiger partial charge is 0.315 e. The van der Waals surface area contributed by atoms with E-state index < -0.39 is 0 Å². The Kier molecular flexibility index (Phi) is 4.05. The molecule has 0 spiro atoms. The van der Waals surface area contributed by atoms with Crippen LogP contribution in [0.1, 0.15) is 17.5 Å². The van der Waals surface area contributed by atoms with E-state index >= 15 is 0 Å². The third-order valence-corrected chi connectivity index (χ3v) is 3.81. The second-order valence-electron chi connectivity index (χ2n) is 4.74. The first kappa shape index (κ1) is 13.1. The highest BCUT2D eigenvalue weighted by molar-refractivity contribution is 5.85. The van der Waals surface area contributed by atoms with Crippen molar-refractivity contribution in [3.05, 3.63) is 71.8 Å². The van der Waals surface area contributed by atoms with Crippen molar-refractivity contribution in [2.24, 2.45) is 0 Å². The number of benzene rings is 2. The molecule has 2 heteroatoms. The molecule has 1 aliphatic heterocycles. The molecular weight excluding hydrogens is 242 g/mol. The standard InChI is InChI=1S/C16H17N.ClH/c1-3-7-14(8-4-1)16(11-12-17-13-16)15-9-5-2-6-10-15;/h1-10,17H,11-13H2;1H. The summed E-state index contributed by atoms with van der Waals surface area (Å²) in [4.78, 5) is 0. The SMILES string of the molecule is Cl.c1ccc(C2(c3ccccc3)CCNC2)cc1. The summed E-state index contributed by atoms with van der Waals surface area (Å²) in [7, 11) is 0. The fourth-order valence-corrected chi connectivity index (χ4v) is 2.87. The Labute approximate surface area is 115 Å². The van der Waals surface area contributed by atoms with Crippen LogP contribution < -0.4 is 5.32 Å². The molecule has 2 aromatic rings.